The van der Waals surface area contributed by atoms with Crippen LogP contribution in [0.15, 0.2) is 42.4 Å². The van der Waals surface area contributed by atoms with Gasteiger partial charge in [-0.1, -0.05) is 6.08 Å². The van der Waals surface area contributed by atoms with E-state index in [0.717, 1.165) is 36.3 Å². The summed E-state index contributed by atoms with van der Waals surface area (Å²) in [5.41, 5.74) is 3.23. The molecule has 1 aliphatic heterocycles. The molecule has 4 rings (SSSR count). The number of alkyl halides is 3. The molecule has 0 saturated heterocycles. The number of pyridine rings is 1. The first-order chi connectivity index (χ1) is 15.2. The minimum Gasteiger partial charge on any atom is -0.491 e. The number of amides is 1. The normalized spacial score (nSPS) is 17.7. The highest BCUT2D eigenvalue weighted by Gasteiger charge is 2.38. The van der Waals surface area contributed by atoms with Crippen molar-refractivity contribution in [1.82, 2.24) is 19.7 Å². The van der Waals surface area contributed by atoms with Gasteiger partial charge in [0.1, 0.15) is 5.75 Å². The number of aromatic nitrogens is 3. The number of nitrogens with zero attached hydrogens (tertiary/aromatic N) is 4. The van der Waals surface area contributed by atoms with E-state index in [-0.39, 0.29) is 11.8 Å². The smallest absolute Gasteiger partial charge is 0.490 e. The molecule has 3 heterocycles. The zero-order valence-corrected chi connectivity index (χ0v) is 17.4. The van der Waals surface area contributed by atoms with Crippen LogP contribution in [0.2, 0.25) is 0 Å². The molecular weight excluding hydrogens is 429 g/mol. The molecule has 8 nitrogen and oxygen atoms in total. The number of rotatable bonds is 4. The van der Waals surface area contributed by atoms with Gasteiger partial charge in [-0.05, 0) is 31.4 Å². The lowest BCUT2D eigenvalue weighted by molar-refractivity contribution is -0.192. The highest BCUT2D eigenvalue weighted by atomic mass is 19.4. The fourth-order valence-electron chi connectivity index (χ4n) is 3.62. The van der Waals surface area contributed by atoms with Crippen LogP contribution in [0.1, 0.15) is 36.4 Å². The predicted octanol–water partition coefficient (Wildman–Crippen LogP) is 3.06. The number of fused-ring (bicyclic) bond motifs is 1. The summed E-state index contributed by atoms with van der Waals surface area (Å²) >= 11 is 0. The van der Waals surface area contributed by atoms with Gasteiger partial charge in [0.05, 0.1) is 31.2 Å². The summed E-state index contributed by atoms with van der Waals surface area (Å²) in [5, 5.41) is 11.5. The van der Waals surface area contributed by atoms with Gasteiger partial charge in [0.25, 0.3) is 0 Å². The lowest BCUT2D eigenvalue weighted by Gasteiger charge is -2.33. The minimum absolute atomic E-state index is 0.114. The van der Waals surface area contributed by atoms with Crippen LogP contribution in [0, 0.1) is 0 Å². The summed E-state index contributed by atoms with van der Waals surface area (Å²) in [7, 11) is 1.93. The van der Waals surface area contributed by atoms with Crippen molar-refractivity contribution in [3.63, 3.8) is 0 Å². The van der Waals surface area contributed by atoms with Crippen LogP contribution in [0.5, 0.6) is 5.75 Å². The van der Waals surface area contributed by atoms with E-state index in [1.54, 1.807) is 12.4 Å². The van der Waals surface area contributed by atoms with Gasteiger partial charge in [-0.15, -0.1) is 0 Å². The van der Waals surface area contributed by atoms with E-state index in [2.05, 4.69) is 16.2 Å². The first kappa shape index (κ1) is 23.3. The molecule has 1 atom stereocenters. The third kappa shape index (κ3) is 5.65. The maximum Gasteiger partial charge on any atom is 0.490 e. The molecule has 172 valence electrons. The van der Waals surface area contributed by atoms with Gasteiger partial charge in [0, 0.05) is 36.8 Å². The molecule has 0 spiro atoms. The Bertz CT molecular complexity index is 989. The van der Waals surface area contributed by atoms with Crippen LogP contribution in [0.3, 0.4) is 0 Å². The number of carboxylic acids is 1. The Hall–Kier alpha value is -3.37. The summed E-state index contributed by atoms with van der Waals surface area (Å²) in [4.78, 5) is 27.8. The molecule has 0 fully saturated rings. The molecule has 0 aromatic carbocycles. The van der Waals surface area contributed by atoms with Gasteiger partial charge in [-0.2, -0.15) is 18.3 Å². The number of halogens is 3. The predicted molar refractivity (Wildman–Crippen MR) is 107 cm³/mol. The number of aryl methyl sites for hydroxylation is 1. The molecule has 11 heteroatoms. The molecule has 2 aliphatic rings. The van der Waals surface area contributed by atoms with Crippen LogP contribution in [0.25, 0.3) is 0 Å². The Kier molecular flexibility index (Phi) is 7.16. The van der Waals surface area contributed by atoms with Crippen molar-refractivity contribution in [2.75, 3.05) is 13.2 Å². The molecule has 1 amide bonds. The summed E-state index contributed by atoms with van der Waals surface area (Å²) in [6.45, 7) is 1.79. The molecule has 2 aromatic rings. The fourth-order valence-corrected chi connectivity index (χ4v) is 3.62. The first-order valence-corrected chi connectivity index (χ1v) is 9.98. The average molecular weight is 452 g/mol. The highest BCUT2D eigenvalue weighted by Crippen LogP contribution is 2.31. The van der Waals surface area contributed by atoms with Crippen molar-refractivity contribution in [3.8, 4) is 5.75 Å². The molecular formula is C21H23F3N4O4. The van der Waals surface area contributed by atoms with Gasteiger partial charge in [-0.3, -0.25) is 14.5 Å². The number of carboxylic acid groups (broad SMARTS) is 1. The summed E-state index contributed by atoms with van der Waals surface area (Å²) in [6, 6.07) is 3.75. The fraction of sp³-hybridized carbons (Fsp3) is 0.429. The molecule has 1 N–H and O–H groups in total. The number of allylic oxidation sites excluding steroid dienone is 1. The summed E-state index contributed by atoms with van der Waals surface area (Å²) in [6.07, 6.45) is 5.33. The number of hydrogen-bond acceptors (Lipinski definition) is 5. The van der Waals surface area contributed by atoms with Crippen LogP contribution >= 0.6 is 0 Å². The lowest BCUT2D eigenvalue weighted by Crippen LogP contribution is -2.40. The maximum absolute atomic E-state index is 12.8. The SMILES string of the molecule is Cn1ncc2c1CN(C(=O)C1=CCCC1)CC2COc1cccnc1.O=C(O)C(F)(F)F. The van der Waals surface area contributed by atoms with Crippen molar-refractivity contribution in [3.05, 3.63) is 53.6 Å². The van der Waals surface area contributed by atoms with E-state index >= 15 is 0 Å². The molecule has 1 aliphatic carbocycles. The molecule has 32 heavy (non-hydrogen) atoms. The number of ether oxygens (including phenoxy) is 1. The topological polar surface area (TPSA) is 97.5 Å². The first-order valence-electron chi connectivity index (χ1n) is 9.98. The Morgan fingerprint density at radius 1 is 1.31 bits per heavy atom. The summed E-state index contributed by atoms with van der Waals surface area (Å²) in [5.74, 6) is -1.73. The Morgan fingerprint density at radius 3 is 2.66 bits per heavy atom. The van der Waals surface area contributed by atoms with Gasteiger partial charge in [0.15, 0.2) is 0 Å². The number of aliphatic carboxylic acids is 1. The Labute approximate surface area is 182 Å². The Morgan fingerprint density at radius 2 is 2.06 bits per heavy atom. The van der Waals surface area contributed by atoms with Crippen molar-refractivity contribution in [2.24, 2.45) is 7.05 Å². The lowest BCUT2D eigenvalue weighted by atomic mass is 9.95. The number of hydrogen-bond donors (Lipinski definition) is 1. The van der Waals surface area contributed by atoms with Crippen LogP contribution < -0.4 is 4.74 Å². The largest absolute Gasteiger partial charge is 0.491 e. The second-order valence-corrected chi connectivity index (χ2v) is 7.48. The van der Waals surface area contributed by atoms with Crippen molar-refractivity contribution in [2.45, 2.75) is 37.9 Å². The van der Waals surface area contributed by atoms with Crippen LogP contribution in [-0.2, 0) is 23.2 Å². The average Bonchev–Trinajstić information content (AvgIpc) is 3.42. The maximum atomic E-state index is 12.8. The van der Waals surface area contributed by atoms with E-state index < -0.39 is 12.1 Å². The van der Waals surface area contributed by atoms with Crippen molar-refractivity contribution >= 4 is 11.9 Å². The molecule has 1 unspecified atom stereocenters. The third-order valence-corrected chi connectivity index (χ3v) is 5.25. The molecule has 0 radical (unpaired) electrons. The molecule has 2 aromatic heterocycles. The van der Waals surface area contributed by atoms with Crippen LogP contribution in [-0.4, -0.2) is 56.0 Å². The number of carbonyl (C=O) groups is 2. The van der Waals surface area contributed by atoms with E-state index in [9.17, 15) is 18.0 Å². The van der Waals surface area contributed by atoms with Gasteiger partial charge >= 0.3 is 12.1 Å². The van der Waals surface area contributed by atoms with Crippen LogP contribution in [0.4, 0.5) is 13.2 Å². The second kappa shape index (κ2) is 9.84. The monoisotopic (exact) mass is 452 g/mol. The van der Waals surface area contributed by atoms with Crippen molar-refractivity contribution < 1.29 is 32.6 Å². The third-order valence-electron chi connectivity index (χ3n) is 5.25. The highest BCUT2D eigenvalue weighted by molar-refractivity contribution is 5.94. The summed E-state index contributed by atoms with van der Waals surface area (Å²) < 4.78 is 39.5. The van der Waals surface area contributed by atoms with E-state index in [4.69, 9.17) is 14.6 Å². The van der Waals surface area contributed by atoms with Crippen molar-refractivity contribution in [1.29, 1.82) is 0 Å². The van der Waals surface area contributed by atoms with E-state index in [1.165, 1.54) is 5.56 Å². The van der Waals surface area contributed by atoms with E-state index in [0.29, 0.717) is 19.7 Å². The quantitative estimate of drug-likeness (QED) is 0.766. The zero-order chi connectivity index (χ0) is 23.3. The number of carbonyl (C=O) groups excluding carboxylic acids is 1. The molecule has 0 bridgehead atoms. The molecule has 0 saturated carbocycles. The second-order valence-electron chi connectivity index (χ2n) is 7.48. The van der Waals surface area contributed by atoms with Gasteiger partial charge in [-0.25, -0.2) is 4.79 Å². The standard InChI is InChI=1S/C19H22N4O2.C2HF3O2/c1-22-18-12-23(19(24)14-5-2-3-6-14)11-15(17(18)10-21-22)13-25-16-7-4-8-20-9-16;3-2(4,5)1(6)7/h4-5,7-10,15H,2-3,6,11-13H2,1H3;(H,6,7). The Balaban J connectivity index is 0.000000360. The zero-order valence-electron chi connectivity index (χ0n) is 17.4. The van der Waals surface area contributed by atoms with E-state index in [1.807, 2.05) is 35.0 Å². The minimum atomic E-state index is -5.08. The van der Waals surface area contributed by atoms with Gasteiger partial charge < -0.3 is 14.7 Å². The van der Waals surface area contributed by atoms with Gasteiger partial charge in [0.2, 0.25) is 5.91 Å².